The van der Waals surface area contributed by atoms with Crippen LogP contribution in [0.4, 0.5) is 0 Å². The Balaban J connectivity index is 1.84. The van der Waals surface area contributed by atoms with E-state index >= 15 is 0 Å². The average molecular weight is 355 g/mol. The molecule has 4 nitrogen and oxygen atoms in total. The Labute approximate surface area is 156 Å². The van der Waals surface area contributed by atoms with E-state index in [1.54, 1.807) is 14.2 Å². The highest BCUT2D eigenvalue weighted by Crippen LogP contribution is 2.38. The summed E-state index contributed by atoms with van der Waals surface area (Å²) in [5, 5.41) is 4.48. The van der Waals surface area contributed by atoms with Gasteiger partial charge < -0.3 is 13.9 Å². The van der Waals surface area contributed by atoms with Gasteiger partial charge in [-0.25, -0.2) is 4.98 Å². The highest BCUT2D eigenvalue weighted by atomic mass is 16.5. The third-order valence-corrected chi connectivity index (χ3v) is 4.90. The zero-order chi connectivity index (χ0) is 18.4. The van der Waals surface area contributed by atoms with Gasteiger partial charge in [-0.2, -0.15) is 0 Å². The molecule has 0 bridgehead atoms. The van der Waals surface area contributed by atoms with Crippen LogP contribution in [0.3, 0.4) is 0 Å². The molecule has 0 amide bonds. The first kappa shape index (κ1) is 15.7. The van der Waals surface area contributed by atoms with Gasteiger partial charge in [0.25, 0.3) is 0 Å². The molecule has 4 heteroatoms. The second-order valence-corrected chi connectivity index (χ2v) is 6.36. The molecular formula is C23H17NO3. The van der Waals surface area contributed by atoms with Crippen molar-refractivity contribution in [1.29, 1.82) is 0 Å². The van der Waals surface area contributed by atoms with Gasteiger partial charge in [0.1, 0.15) is 5.52 Å². The fourth-order valence-electron chi connectivity index (χ4n) is 3.62. The van der Waals surface area contributed by atoms with Crippen LogP contribution in [0.5, 0.6) is 11.5 Å². The van der Waals surface area contributed by atoms with E-state index in [0.29, 0.717) is 17.4 Å². The summed E-state index contributed by atoms with van der Waals surface area (Å²) in [7, 11) is 3.24. The Morgan fingerprint density at radius 1 is 0.704 bits per heavy atom. The lowest BCUT2D eigenvalue weighted by Crippen LogP contribution is -1.90. The summed E-state index contributed by atoms with van der Waals surface area (Å²) in [6.07, 6.45) is 0. The van der Waals surface area contributed by atoms with Crippen LogP contribution in [0.25, 0.3) is 44.1 Å². The van der Waals surface area contributed by atoms with Gasteiger partial charge in [-0.15, -0.1) is 0 Å². The Morgan fingerprint density at radius 2 is 1.33 bits per heavy atom. The molecule has 1 heterocycles. The molecule has 132 valence electrons. The van der Waals surface area contributed by atoms with Crippen LogP contribution < -0.4 is 9.47 Å². The topological polar surface area (TPSA) is 44.5 Å². The first-order chi connectivity index (χ1) is 13.3. The molecule has 5 rings (SSSR count). The molecule has 4 aromatic carbocycles. The summed E-state index contributed by atoms with van der Waals surface area (Å²) >= 11 is 0. The van der Waals surface area contributed by atoms with Crippen LogP contribution in [0.2, 0.25) is 0 Å². The van der Waals surface area contributed by atoms with Gasteiger partial charge in [0.15, 0.2) is 17.1 Å². The Bertz CT molecular complexity index is 1230. The number of rotatable bonds is 3. The molecule has 0 radical (unpaired) electrons. The number of hydrogen-bond donors (Lipinski definition) is 0. The number of aromatic nitrogens is 1. The quantitative estimate of drug-likeness (QED) is 0.383. The van der Waals surface area contributed by atoms with E-state index in [4.69, 9.17) is 18.9 Å². The lowest BCUT2D eigenvalue weighted by molar-refractivity contribution is 0.355. The first-order valence-electron chi connectivity index (χ1n) is 8.72. The number of benzene rings is 4. The minimum atomic E-state index is 0.562. The second kappa shape index (κ2) is 6.02. The van der Waals surface area contributed by atoms with E-state index in [1.807, 2.05) is 36.4 Å². The van der Waals surface area contributed by atoms with E-state index in [0.717, 1.165) is 32.8 Å². The van der Waals surface area contributed by atoms with E-state index in [-0.39, 0.29) is 0 Å². The van der Waals surface area contributed by atoms with Gasteiger partial charge in [0.05, 0.1) is 14.2 Å². The lowest BCUT2D eigenvalue weighted by atomic mass is 10.0. The Kier molecular flexibility index (Phi) is 3.50. The van der Waals surface area contributed by atoms with Gasteiger partial charge in [0.2, 0.25) is 5.89 Å². The minimum absolute atomic E-state index is 0.562. The Morgan fingerprint density at radius 3 is 2.04 bits per heavy atom. The molecule has 0 saturated carbocycles. The summed E-state index contributed by atoms with van der Waals surface area (Å²) < 4.78 is 17.0. The molecular weight excluding hydrogens is 338 g/mol. The van der Waals surface area contributed by atoms with Crippen molar-refractivity contribution >= 4 is 32.6 Å². The summed E-state index contributed by atoms with van der Waals surface area (Å²) in [5.74, 6) is 1.88. The normalized spacial score (nSPS) is 11.3. The number of hydrogen-bond acceptors (Lipinski definition) is 4. The lowest BCUT2D eigenvalue weighted by Gasteiger charge is -2.07. The van der Waals surface area contributed by atoms with Gasteiger partial charge >= 0.3 is 0 Å². The summed E-state index contributed by atoms with van der Waals surface area (Å²) in [6.45, 7) is 0. The van der Waals surface area contributed by atoms with Crippen LogP contribution in [0.1, 0.15) is 0 Å². The van der Waals surface area contributed by atoms with Crippen LogP contribution in [-0.4, -0.2) is 19.2 Å². The first-order valence-corrected chi connectivity index (χ1v) is 8.72. The highest BCUT2D eigenvalue weighted by molar-refractivity contribution is 6.22. The van der Waals surface area contributed by atoms with Crippen molar-refractivity contribution in [2.24, 2.45) is 0 Å². The fraction of sp³-hybridized carbons (Fsp3) is 0.0870. The summed E-state index contributed by atoms with van der Waals surface area (Å²) in [5.41, 5.74) is 2.51. The molecule has 27 heavy (non-hydrogen) atoms. The number of fused-ring (bicyclic) bond motifs is 6. The maximum absolute atomic E-state index is 6.24. The van der Waals surface area contributed by atoms with E-state index < -0.39 is 0 Å². The minimum Gasteiger partial charge on any atom is -0.493 e. The molecule has 5 aromatic rings. The molecule has 1 aromatic heterocycles. The van der Waals surface area contributed by atoms with E-state index in [2.05, 4.69) is 30.3 Å². The van der Waals surface area contributed by atoms with Crippen molar-refractivity contribution in [2.45, 2.75) is 0 Å². The zero-order valence-corrected chi connectivity index (χ0v) is 15.0. The van der Waals surface area contributed by atoms with Crippen LogP contribution in [-0.2, 0) is 0 Å². The van der Waals surface area contributed by atoms with E-state index in [9.17, 15) is 0 Å². The van der Waals surface area contributed by atoms with Gasteiger partial charge in [-0.3, -0.25) is 0 Å². The third-order valence-electron chi connectivity index (χ3n) is 4.90. The zero-order valence-electron chi connectivity index (χ0n) is 15.0. The SMILES string of the molecule is COc1ccc(-c2nc3c4ccccc4c4ccccc4c3o2)cc1OC. The molecule has 0 fully saturated rings. The van der Waals surface area contributed by atoms with Crippen molar-refractivity contribution < 1.29 is 13.9 Å². The van der Waals surface area contributed by atoms with Crippen LogP contribution in [0.15, 0.2) is 71.1 Å². The largest absolute Gasteiger partial charge is 0.493 e. The maximum atomic E-state index is 6.24. The fourth-order valence-corrected chi connectivity index (χ4v) is 3.62. The predicted molar refractivity (Wildman–Crippen MR) is 108 cm³/mol. The van der Waals surface area contributed by atoms with Crippen molar-refractivity contribution in [3.05, 3.63) is 66.7 Å². The maximum Gasteiger partial charge on any atom is 0.227 e. The second-order valence-electron chi connectivity index (χ2n) is 6.36. The molecule has 0 N–H and O–H groups in total. The van der Waals surface area contributed by atoms with Gasteiger partial charge in [-0.1, -0.05) is 48.5 Å². The van der Waals surface area contributed by atoms with E-state index in [1.165, 1.54) is 5.39 Å². The predicted octanol–water partition coefficient (Wildman–Crippen LogP) is 5.82. The van der Waals surface area contributed by atoms with Crippen LogP contribution >= 0.6 is 0 Å². The van der Waals surface area contributed by atoms with Crippen molar-refractivity contribution in [3.63, 3.8) is 0 Å². The molecule has 0 unspecified atom stereocenters. The smallest absolute Gasteiger partial charge is 0.227 e. The van der Waals surface area contributed by atoms with Crippen molar-refractivity contribution in [3.8, 4) is 23.0 Å². The van der Waals surface area contributed by atoms with Crippen LogP contribution in [0, 0.1) is 0 Å². The highest BCUT2D eigenvalue weighted by Gasteiger charge is 2.16. The molecule has 0 aliphatic carbocycles. The molecule has 0 aliphatic rings. The van der Waals surface area contributed by atoms with Gasteiger partial charge in [0, 0.05) is 16.3 Å². The number of nitrogens with zero attached hydrogens (tertiary/aromatic N) is 1. The van der Waals surface area contributed by atoms with Gasteiger partial charge in [-0.05, 0) is 29.0 Å². The molecule has 0 aliphatic heterocycles. The molecule has 0 saturated heterocycles. The van der Waals surface area contributed by atoms with Crippen molar-refractivity contribution in [2.75, 3.05) is 14.2 Å². The number of methoxy groups -OCH3 is 2. The average Bonchev–Trinajstić information content (AvgIpc) is 3.19. The summed E-state index contributed by atoms with van der Waals surface area (Å²) in [6, 6.07) is 22.2. The standard InChI is InChI=1S/C23H17NO3/c1-25-19-12-11-14(13-20(19)26-2)23-24-21-17-9-5-3-7-15(17)16-8-4-6-10-18(16)22(21)27-23/h3-13H,1-2H3. The Hall–Kier alpha value is -3.53. The number of oxazole rings is 1. The molecule has 0 spiro atoms. The number of ether oxygens (including phenoxy) is 2. The summed E-state index contributed by atoms with van der Waals surface area (Å²) in [4.78, 5) is 4.83. The molecule has 0 atom stereocenters. The monoisotopic (exact) mass is 355 g/mol. The third kappa shape index (κ3) is 2.34. The van der Waals surface area contributed by atoms with Crippen molar-refractivity contribution in [1.82, 2.24) is 4.98 Å².